The van der Waals surface area contributed by atoms with Gasteiger partial charge in [-0.2, -0.15) is 0 Å². The van der Waals surface area contributed by atoms with Crippen LogP contribution in [0.3, 0.4) is 0 Å². The van der Waals surface area contributed by atoms with E-state index in [9.17, 15) is 14.7 Å². The number of carboxylic acid groups (broad SMARTS) is 1. The van der Waals surface area contributed by atoms with Gasteiger partial charge < -0.3 is 15.7 Å². The van der Waals surface area contributed by atoms with E-state index in [-0.39, 0.29) is 11.8 Å². The molecule has 0 spiro atoms. The number of carboxylic acids is 1. The third-order valence-corrected chi connectivity index (χ3v) is 4.11. The van der Waals surface area contributed by atoms with Crippen LogP contribution < -0.4 is 5.73 Å². The molecule has 1 aliphatic rings. The third kappa shape index (κ3) is 3.69. The fourth-order valence-electron chi connectivity index (χ4n) is 2.88. The van der Waals surface area contributed by atoms with E-state index >= 15 is 0 Å². The summed E-state index contributed by atoms with van der Waals surface area (Å²) in [6.45, 7) is 5.41. The summed E-state index contributed by atoms with van der Waals surface area (Å²) in [5.41, 5.74) is 4.73. The van der Waals surface area contributed by atoms with Crippen LogP contribution in [0.1, 0.15) is 46.0 Å². The molecule has 0 aliphatic carbocycles. The van der Waals surface area contributed by atoms with Gasteiger partial charge in [0.15, 0.2) is 0 Å². The molecule has 0 saturated carbocycles. The Balaban J connectivity index is 2.63. The summed E-state index contributed by atoms with van der Waals surface area (Å²) in [7, 11) is 0. The Hall–Kier alpha value is -1.10. The summed E-state index contributed by atoms with van der Waals surface area (Å²) in [5.74, 6) is -0.748. The van der Waals surface area contributed by atoms with Gasteiger partial charge in [-0.3, -0.25) is 9.59 Å². The maximum atomic E-state index is 12.3. The van der Waals surface area contributed by atoms with E-state index in [0.29, 0.717) is 32.5 Å². The lowest BCUT2D eigenvalue weighted by Gasteiger charge is -2.25. The van der Waals surface area contributed by atoms with Crippen molar-refractivity contribution >= 4 is 11.9 Å². The van der Waals surface area contributed by atoms with E-state index in [4.69, 9.17) is 5.73 Å². The summed E-state index contributed by atoms with van der Waals surface area (Å²) < 4.78 is 0. The lowest BCUT2D eigenvalue weighted by atomic mass is 9.83. The van der Waals surface area contributed by atoms with Gasteiger partial charge in [-0.25, -0.2) is 0 Å². The largest absolute Gasteiger partial charge is 0.481 e. The first-order valence-electron chi connectivity index (χ1n) is 7.19. The molecule has 0 radical (unpaired) electrons. The quantitative estimate of drug-likeness (QED) is 0.733. The molecule has 0 bridgehead atoms. The minimum atomic E-state index is -0.765. The molecule has 0 aromatic heterocycles. The van der Waals surface area contributed by atoms with Crippen LogP contribution in [0.5, 0.6) is 0 Å². The number of carbonyl (C=O) groups excluding carboxylic acids is 1. The topological polar surface area (TPSA) is 83.6 Å². The number of nitrogens with zero attached hydrogens (tertiary/aromatic N) is 1. The van der Waals surface area contributed by atoms with Crippen LogP contribution in [0.4, 0.5) is 0 Å². The predicted molar refractivity (Wildman–Crippen MR) is 73.6 cm³/mol. The lowest BCUT2D eigenvalue weighted by molar-refractivity contribution is -0.149. The van der Waals surface area contributed by atoms with Crippen molar-refractivity contribution in [2.75, 3.05) is 19.6 Å². The molecule has 0 aromatic carbocycles. The van der Waals surface area contributed by atoms with Gasteiger partial charge in [0.2, 0.25) is 5.91 Å². The second-order valence-corrected chi connectivity index (χ2v) is 5.68. The molecule has 3 N–H and O–H groups in total. The number of hydrogen-bond donors (Lipinski definition) is 2. The van der Waals surface area contributed by atoms with Gasteiger partial charge in [0, 0.05) is 19.0 Å². The summed E-state index contributed by atoms with van der Waals surface area (Å²) in [6, 6.07) is 0. The van der Waals surface area contributed by atoms with E-state index in [1.807, 2.05) is 13.8 Å². The first-order valence-corrected chi connectivity index (χ1v) is 7.19. The van der Waals surface area contributed by atoms with Crippen LogP contribution >= 0.6 is 0 Å². The molecule has 1 rings (SSSR count). The molecular formula is C14H26N2O3. The van der Waals surface area contributed by atoms with Gasteiger partial charge in [0.05, 0.1) is 5.41 Å². The highest BCUT2D eigenvalue weighted by molar-refractivity contribution is 5.82. The summed E-state index contributed by atoms with van der Waals surface area (Å²) >= 11 is 0. The molecular weight excluding hydrogens is 244 g/mol. The van der Waals surface area contributed by atoms with Crippen LogP contribution in [0.2, 0.25) is 0 Å². The molecule has 1 amide bonds. The molecule has 1 saturated heterocycles. The van der Waals surface area contributed by atoms with Crippen LogP contribution in [0.25, 0.3) is 0 Å². The van der Waals surface area contributed by atoms with Crippen molar-refractivity contribution < 1.29 is 14.7 Å². The van der Waals surface area contributed by atoms with Crippen molar-refractivity contribution in [2.45, 2.75) is 46.0 Å². The van der Waals surface area contributed by atoms with E-state index < -0.39 is 11.4 Å². The number of carbonyl (C=O) groups is 2. The highest BCUT2D eigenvalue weighted by Crippen LogP contribution is 2.36. The monoisotopic (exact) mass is 270 g/mol. The van der Waals surface area contributed by atoms with Crippen LogP contribution in [0.15, 0.2) is 0 Å². The number of amides is 1. The maximum absolute atomic E-state index is 12.3. The Kier molecular flexibility index (Phi) is 5.79. The summed E-state index contributed by atoms with van der Waals surface area (Å²) in [5, 5.41) is 9.42. The SMILES string of the molecule is CCCC1(C(=O)O)CCN(C(=O)C(C)CCCN)C1. The Morgan fingerprint density at radius 2 is 2.16 bits per heavy atom. The zero-order valence-corrected chi connectivity index (χ0v) is 12.0. The number of hydrogen-bond acceptors (Lipinski definition) is 3. The summed E-state index contributed by atoms with van der Waals surface area (Å²) in [6.07, 6.45) is 3.66. The Bertz CT molecular complexity index is 333. The molecule has 1 aliphatic heterocycles. The zero-order chi connectivity index (χ0) is 14.5. The highest BCUT2D eigenvalue weighted by Gasteiger charge is 2.45. The molecule has 0 aromatic rings. The first kappa shape index (κ1) is 16.0. The smallest absolute Gasteiger partial charge is 0.311 e. The molecule has 5 nitrogen and oxygen atoms in total. The Labute approximate surface area is 115 Å². The number of nitrogens with two attached hydrogens (primary N) is 1. The molecule has 19 heavy (non-hydrogen) atoms. The van der Waals surface area contributed by atoms with Crippen molar-refractivity contribution in [1.82, 2.24) is 4.90 Å². The Morgan fingerprint density at radius 3 is 2.68 bits per heavy atom. The number of aliphatic carboxylic acids is 1. The standard InChI is InChI=1S/C14H26N2O3/c1-3-6-14(13(18)19)7-9-16(10-14)12(17)11(2)5-4-8-15/h11H,3-10,15H2,1-2H3,(H,18,19). The second kappa shape index (κ2) is 6.89. The fraction of sp³-hybridized carbons (Fsp3) is 0.857. The normalized spacial score (nSPS) is 24.5. The third-order valence-electron chi connectivity index (χ3n) is 4.11. The zero-order valence-electron chi connectivity index (χ0n) is 12.0. The lowest BCUT2D eigenvalue weighted by Crippen LogP contribution is -2.38. The van der Waals surface area contributed by atoms with E-state index in [1.165, 1.54) is 0 Å². The minimum Gasteiger partial charge on any atom is -0.481 e. The predicted octanol–water partition coefficient (Wildman–Crippen LogP) is 1.46. The highest BCUT2D eigenvalue weighted by atomic mass is 16.4. The molecule has 2 atom stereocenters. The molecule has 2 unspecified atom stereocenters. The summed E-state index contributed by atoms with van der Waals surface area (Å²) in [4.78, 5) is 25.5. The maximum Gasteiger partial charge on any atom is 0.311 e. The average molecular weight is 270 g/mol. The van der Waals surface area contributed by atoms with E-state index in [0.717, 1.165) is 19.3 Å². The van der Waals surface area contributed by atoms with Crippen molar-refractivity contribution in [3.8, 4) is 0 Å². The van der Waals surface area contributed by atoms with Crippen molar-refractivity contribution in [2.24, 2.45) is 17.1 Å². The first-order chi connectivity index (χ1) is 8.96. The second-order valence-electron chi connectivity index (χ2n) is 5.68. The van der Waals surface area contributed by atoms with Gasteiger partial charge in [-0.15, -0.1) is 0 Å². The number of rotatable bonds is 7. The van der Waals surface area contributed by atoms with Gasteiger partial charge in [-0.05, 0) is 32.2 Å². The van der Waals surface area contributed by atoms with Gasteiger partial charge >= 0.3 is 5.97 Å². The van der Waals surface area contributed by atoms with Crippen molar-refractivity contribution in [3.63, 3.8) is 0 Å². The van der Waals surface area contributed by atoms with Gasteiger partial charge in [-0.1, -0.05) is 20.3 Å². The molecule has 1 heterocycles. The molecule has 110 valence electrons. The van der Waals surface area contributed by atoms with Crippen LogP contribution in [-0.4, -0.2) is 41.5 Å². The fourth-order valence-corrected chi connectivity index (χ4v) is 2.88. The number of likely N-dealkylation sites (tertiary alicyclic amines) is 1. The molecule has 5 heteroatoms. The Morgan fingerprint density at radius 1 is 1.47 bits per heavy atom. The average Bonchev–Trinajstić information content (AvgIpc) is 2.81. The minimum absolute atomic E-state index is 0.0604. The van der Waals surface area contributed by atoms with Crippen molar-refractivity contribution in [3.05, 3.63) is 0 Å². The molecule has 1 fully saturated rings. The van der Waals surface area contributed by atoms with Crippen LogP contribution in [-0.2, 0) is 9.59 Å². The van der Waals surface area contributed by atoms with Crippen LogP contribution in [0, 0.1) is 11.3 Å². The van der Waals surface area contributed by atoms with Gasteiger partial charge in [0.25, 0.3) is 0 Å². The van der Waals surface area contributed by atoms with E-state index in [1.54, 1.807) is 4.90 Å². The van der Waals surface area contributed by atoms with E-state index in [2.05, 4.69) is 0 Å². The van der Waals surface area contributed by atoms with Gasteiger partial charge in [0.1, 0.15) is 0 Å². The van der Waals surface area contributed by atoms with Crippen molar-refractivity contribution in [1.29, 1.82) is 0 Å².